The Labute approximate surface area is 126 Å². The van der Waals surface area contributed by atoms with Gasteiger partial charge in [-0.15, -0.1) is 0 Å². The van der Waals surface area contributed by atoms with Crippen LogP contribution in [0.1, 0.15) is 32.1 Å². The Kier molecular flexibility index (Phi) is 8.82. The standard InChI is InChI=1S/C13H26N2O5S/c16-9-4-2-1-3-6-14-13(17)5-12-21(18,19)15-7-10-20-11-8-15/h16H,1-12H2,(H,14,17). The van der Waals surface area contributed by atoms with Gasteiger partial charge in [0.25, 0.3) is 0 Å². The monoisotopic (exact) mass is 322 g/mol. The highest BCUT2D eigenvalue weighted by Crippen LogP contribution is 2.07. The molecule has 0 radical (unpaired) electrons. The predicted molar refractivity (Wildman–Crippen MR) is 79.4 cm³/mol. The van der Waals surface area contributed by atoms with Crippen LogP contribution in [0.15, 0.2) is 0 Å². The second kappa shape index (κ2) is 10.1. The van der Waals surface area contributed by atoms with Crippen molar-refractivity contribution in [2.75, 3.05) is 45.2 Å². The smallest absolute Gasteiger partial charge is 0.221 e. The molecule has 1 heterocycles. The summed E-state index contributed by atoms with van der Waals surface area (Å²) >= 11 is 0. The second-order valence-corrected chi connectivity index (χ2v) is 7.15. The van der Waals surface area contributed by atoms with E-state index in [1.54, 1.807) is 0 Å². The summed E-state index contributed by atoms with van der Waals surface area (Å²) < 4.78 is 30.5. The van der Waals surface area contributed by atoms with Gasteiger partial charge in [-0.25, -0.2) is 8.42 Å². The number of morpholine rings is 1. The van der Waals surface area contributed by atoms with Crippen LogP contribution in [0.5, 0.6) is 0 Å². The molecule has 0 aromatic heterocycles. The molecule has 0 spiro atoms. The number of ether oxygens (including phenoxy) is 1. The quantitative estimate of drug-likeness (QED) is 0.539. The van der Waals surface area contributed by atoms with Gasteiger partial charge in [0.05, 0.1) is 19.0 Å². The summed E-state index contributed by atoms with van der Waals surface area (Å²) in [5.41, 5.74) is 0. The van der Waals surface area contributed by atoms with E-state index in [1.807, 2.05) is 0 Å². The molecule has 7 nitrogen and oxygen atoms in total. The van der Waals surface area contributed by atoms with Crippen molar-refractivity contribution in [3.8, 4) is 0 Å². The van der Waals surface area contributed by atoms with Crippen LogP contribution in [0.25, 0.3) is 0 Å². The molecule has 0 aliphatic carbocycles. The summed E-state index contributed by atoms with van der Waals surface area (Å²) in [5.74, 6) is -0.377. The van der Waals surface area contributed by atoms with Crippen molar-refractivity contribution in [2.24, 2.45) is 0 Å². The van der Waals surface area contributed by atoms with Gasteiger partial charge in [0.15, 0.2) is 0 Å². The molecular weight excluding hydrogens is 296 g/mol. The van der Waals surface area contributed by atoms with Crippen molar-refractivity contribution in [3.05, 3.63) is 0 Å². The lowest BCUT2D eigenvalue weighted by molar-refractivity contribution is -0.120. The van der Waals surface area contributed by atoms with Crippen LogP contribution in [0, 0.1) is 0 Å². The molecule has 0 saturated carbocycles. The molecule has 0 atom stereocenters. The van der Waals surface area contributed by atoms with E-state index in [0.29, 0.717) is 32.8 Å². The first-order valence-corrected chi connectivity index (χ1v) is 9.10. The molecule has 1 amide bonds. The summed E-state index contributed by atoms with van der Waals surface area (Å²) in [4.78, 5) is 11.6. The Morgan fingerprint density at radius 3 is 2.48 bits per heavy atom. The van der Waals surface area contributed by atoms with Gasteiger partial charge in [0, 0.05) is 32.7 Å². The average Bonchev–Trinajstić information content (AvgIpc) is 2.50. The van der Waals surface area contributed by atoms with Crippen LogP contribution >= 0.6 is 0 Å². The van der Waals surface area contributed by atoms with Crippen LogP contribution in [0.4, 0.5) is 0 Å². The molecule has 1 saturated heterocycles. The third-order valence-electron chi connectivity index (χ3n) is 3.36. The lowest BCUT2D eigenvalue weighted by Gasteiger charge is -2.25. The van der Waals surface area contributed by atoms with Gasteiger partial charge >= 0.3 is 0 Å². The largest absolute Gasteiger partial charge is 0.396 e. The van der Waals surface area contributed by atoms with Crippen molar-refractivity contribution in [2.45, 2.75) is 32.1 Å². The van der Waals surface area contributed by atoms with Gasteiger partial charge in [-0.05, 0) is 12.8 Å². The van der Waals surface area contributed by atoms with Gasteiger partial charge in [-0.3, -0.25) is 4.79 Å². The molecule has 21 heavy (non-hydrogen) atoms. The Hall–Kier alpha value is -0.700. The van der Waals surface area contributed by atoms with E-state index in [-0.39, 0.29) is 24.7 Å². The topological polar surface area (TPSA) is 95.9 Å². The highest BCUT2D eigenvalue weighted by molar-refractivity contribution is 7.89. The van der Waals surface area contributed by atoms with Crippen LogP contribution in [-0.2, 0) is 19.6 Å². The van der Waals surface area contributed by atoms with E-state index in [1.165, 1.54) is 4.31 Å². The minimum absolute atomic E-state index is 0.00364. The van der Waals surface area contributed by atoms with Crippen molar-refractivity contribution >= 4 is 15.9 Å². The van der Waals surface area contributed by atoms with Gasteiger partial charge in [0.1, 0.15) is 0 Å². The van der Waals surface area contributed by atoms with Crippen LogP contribution in [0.2, 0.25) is 0 Å². The van der Waals surface area contributed by atoms with Crippen LogP contribution in [0.3, 0.4) is 0 Å². The first-order valence-electron chi connectivity index (χ1n) is 7.49. The zero-order chi connectivity index (χ0) is 15.6. The Balaban J connectivity index is 2.14. The zero-order valence-electron chi connectivity index (χ0n) is 12.4. The van der Waals surface area contributed by atoms with Gasteiger partial charge < -0.3 is 15.2 Å². The average molecular weight is 322 g/mol. The molecule has 1 fully saturated rings. The van der Waals surface area contributed by atoms with E-state index in [9.17, 15) is 13.2 Å². The SMILES string of the molecule is O=C(CCS(=O)(=O)N1CCOCC1)NCCCCCCO. The summed E-state index contributed by atoms with van der Waals surface area (Å²) in [6.45, 7) is 2.33. The van der Waals surface area contributed by atoms with E-state index < -0.39 is 10.0 Å². The molecule has 0 bridgehead atoms. The van der Waals surface area contributed by atoms with E-state index in [4.69, 9.17) is 9.84 Å². The van der Waals surface area contributed by atoms with Crippen molar-refractivity contribution < 1.29 is 23.1 Å². The van der Waals surface area contributed by atoms with Crippen molar-refractivity contribution in [3.63, 3.8) is 0 Å². The molecule has 1 aliphatic heterocycles. The zero-order valence-corrected chi connectivity index (χ0v) is 13.2. The maximum Gasteiger partial charge on any atom is 0.221 e. The number of sulfonamides is 1. The van der Waals surface area contributed by atoms with E-state index in [2.05, 4.69) is 5.32 Å². The highest BCUT2D eigenvalue weighted by atomic mass is 32.2. The van der Waals surface area contributed by atoms with E-state index >= 15 is 0 Å². The Morgan fingerprint density at radius 2 is 1.81 bits per heavy atom. The summed E-state index contributed by atoms with van der Waals surface area (Å²) in [6.07, 6.45) is 3.52. The van der Waals surface area contributed by atoms with Crippen molar-refractivity contribution in [1.82, 2.24) is 9.62 Å². The molecule has 2 N–H and O–H groups in total. The normalized spacial score (nSPS) is 16.8. The number of nitrogens with one attached hydrogen (secondary N) is 1. The van der Waals surface area contributed by atoms with Crippen molar-refractivity contribution in [1.29, 1.82) is 0 Å². The van der Waals surface area contributed by atoms with Crippen LogP contribution in [-0.4, -0.2) is 68.9 Å². The molecule has 124 valence electrons. The number of carbonyl (C=O) groups is 1. The fourth-order valence-electron chi connectivity index (χ4n) is 2.08. The summed E-state index contributed by atoms with van der Waals surface area (Å²) in [7, 11) is -3.36. The molecule has 0 unspecified atom stereocenters. The number of aliphatic hydroxyl groups excluding tert-OH is 1. The number of rotatable bonds is 10. The number of carbonyl (C=O) groups excluding carboxylic acids is 1. The molecule has 8 heteroatoms. The maximum absolute atomic E-state index is 12.0. The minimum atomic E-state index is -3.36. The number of hydrogen-bond donors (Lipinski definition) is 2. The first kappa shape index (κ1) is 18.3. The maximum atomic E-state index is 12.0. The Bertz CT molecular complexity index is 393. The summed E-state index contributed by atoms with van der Waals surface area (Å²) in [6, 6.07) is 0. The minimum Gasteiger partial charge on any atom is -0.396 e. The number of nitrogens with zero attached hydrogens (tertiary/aromatic N) is 1. The fraction of sp³-hybridized carbons (Fsp3) is 0.923. The predicted octanol–water partition coefficient (Wildman–Crippen LogP) is -0.293. The van der Waals surface area contributed by atoms with Gasteiger partial charge in [-0.1, -0.05) is 12.8 Å². The molecule has 0 aromatic rings. The van der Waals surface area contributed by atoms with Gasteiger partial charge in [0.2, 0.25) is 15.9 Å². The third-order valence-corrected chi connectivity index (χ3v) is 5.23. The lowest BCUT2D eigenvalue weighted by Crippen LogP contribution is -2.42. The first-order chi connectivity index (χ1) is 10.1. The number of hydrogen-bond acceptors (Lipinski definition) is 5. The Morgan fingerprint density at radius 1 is 1.14 bits per heavy atom. The molecule has 1 aliphatic rings. The lowest BCUT2D eigenvalue weighted by atomic mass is 10.2. The number of amides is 1. The van der Waals surface area contributed by atoms with E-state index in [0.717, 1.165) is 25.7 Å². The number of unbranched alkanes of at least 4 members (excludes halogenated alkanes) is 3. The summed E-state index contributed by atoms with van der Waals surface area (Å²) in [5, 5.41) is 11.4. The van der Waals surface area contributed by atoms with Crippen LogP contribution < -0.4 is 5.32 Å². The molecule has 1 rings (SSSR count). The fourth-order valence-corrected chi connectivity index (χ4v) is 3.49. The highest BCUT2D eigenvalue weighted by Gasteiger charge is 2.24. The van der Waals surface area contributed by atoms with Gasteiger partial charge in [-0.2, -0.15) is 4.31 Å². The second-order valence-electron chi connectivity index (χ2n) is 5.07. The third kappa shape index (κ3) is 7.75. The number of aliphatic hydroxyl groups is 1. The molecular formula is C13H26N2O5S. The molecule has 0 aromatic carbocycles.